The fraction of sp³-hybridized carbons (Fsp3) is 0.682. The number of aromatic nitrogens is 1. The van der Waals surface area contributed by atoms with Gasteiger partial charge in [-0.1, -0.05) is 13.3 Å². The van der Waals surface area contributed by atoms with Gasteiger partial charge in [0.15, 0.2) is 0 Å². The van der Waals surface area contributed by atoms with Crippen molar-refractivity contribution in [2.45, 2.75) is 51.5 Å². The summed E-state index contributed by atoms with van der Waals surface area (Å²) in [6, 6.07) is 3.57. The first-order chi connectivity index (χ1) is 14.1. The van der Waals surface area contributed by atoms with E-state index in [2.05, 4.69) is 16.8 Å². The van der Waals surface area contributed by atoms with Crippen LogP contribution in [0.1, 0.15) is 45.4 Å². The molecule has 3 rings (SSSR count). The van der Waals surface area contributed by atoms with Crippen molar-refractivity contribution in [1.29, 1.82) is 0 Å². The Morgan fingerprint density at radius 1 is 1.07 bits per heavy atom. The van der Waals surface area contributed by atoms with Gasteiger partial charge in [-0.15, -0.1) is 0 Å². The summed E-state index contributed by atoms with van der Waals surface area (Å²) < 4.78 is 0. The first-order valence-corrected chi connectivity index (χ1v) is 11.1. The molecule has 2 N–H and O–H groups in total. The van der Waals surface area contributed by atoms with Gasteiger partial charge >= 0.3 is 0 Å². The summed E-state index contributed by atoms with van der Waals surface area (Å²) in [6.07, 6.45) is 8.90. The Kier molecular flexibility index (Phi) is 7.86. The van der Waals surface area contributed by atoms with Gasteiger partial charge in [-0.2, -0.15) is 0 Å². The molecule has 2 fully saturated rings. The maximum atomic E-state index is 12.8. The van der Waals surface area contributed by atoms with E-state index >= 15 is 0 Å². The third kappa shape index (κ3) is 5.92. The van der Waals surface area contributed by atoms with E-state index in [0.717, 1.165) is 64.0 Å². The highest BCUT2D eigenvalue weighted by molar-refractivity contribution is 5.82. The fourth-order valence-electron chi connectivity index (χ4n) is 4.34. The van der Waals surface area contributed by atoms with Crippen molar-refractivity contribution in [3.63, 3.8) is 0 Å². The van der Waals surface area contributed by atoms with Crippen molar-refractivity contribution in [3.8, 4) is 0 Å². The second kappa shape index (κ2) is 10.6. The van der Waals surface area contributed by atoms with E-state index in [-0.39, 0.29) is 11.8 Å². The van der Waals surface area contributed by atoms with Crippen molar-refractivity contribution in [2.24, 2.45) is 11.7 Å². The van der Waals surface area contributed by atoms with Gasteiger partial charge in [0.2, 0.25) is 11.8 Å². The van der Waals surface area contributed by atoms with Crippen LogP contribution in [0.15, 0.2) is 24.5 Å². The van der Waals surface area contributed by atoms with Gasteiger partial charge in [-0.3, -0.25) is 14.6 Å². The van der Waals surface area contributed by atoms with Crippen LogP contribution in [0.4, 0.5) is 5.69 Å². The van der Waals surface area contributed by atoms with Gasteiger partial charge in [0.25, 0.3) is 0 Å². The normalized spacial score (nSPS) is 19.3. The minimum atomic E-state index is -0.435. The van der Waals surface area contributed by atoms with Crippen molar-refractivity contribution >= 4 is 17.5 Å². The number of piperidine rings is 1. The average molecular weight is 402 g/mol. The number of piperazine rings is 1. The summed E-state index contributed by atoms with van der Waals surface area (Å²) in [6.45, 7) is 6.77. The van der Waals surface area contributed by atoms with E-state index in [4.69, 9.17) is 5.73 Å². The number of nitrogens with two attached hydrogens (primary N) is 1. The summed E-state index contributed by atoms with van der Waals surface area (Å²) >= 11 is 0. The standard InChI is InChI=1S/C22H35N5O2/c1-2-3-4-21(28)26-11-7-18(8-12-26)17-20(23)22(29)27-15-13-25(14-16-27)19-5-9-24-10-6-19/h5-6,9-10,18,20H,2-4,7-8,11-17,23H2,1H3/t20-/m0/s1. The van der Waals surface area contributed by atoms with Gasteiger partial charge in [0.05, 0.1) is 6.04 Å². The zero-order valence-corrected chi connectivity index (χ0v) is 17.6. The molecule has 2 aliphatic heterocycles. The molecule has 2 amide bonds. The number of likely N-dealkylation sites (tertiary alicyclic amines) is 1. The molecule has 1 aromatic rings. The number of hydrogen-bond donors (Lipinski definition) is 1. The molecule has 0 spiro atoms. The lowest BCUT2D eigenvalue weighted by Gasteiger charge is -2.38. The second-order valence-electron chi connectivity index (χ2n) is 8.29. The third-order valence-electron chi connectivity index (χ3n) is 6.24. The Hall–Kier alpha value is -2.15. The van der Waals surface area contributed by atoms with Gasteiger partial charge < -0.3 is 20.4 Å². The van der Waals surface area contributed by atoms with Crippen molar-refractivity contribution in [3.05, 3.63) is 24.5 Å². The Morgan fingerprint density at radius 3 is 2.34 bits per heavy atom. The van der Waals surface area contributed by atoms with E-state index in [1.165, 1.54) is 0 Å². The average Bonchev–Trinajstić information content (AvgIpc) is 2.78. The summed E-state index contributed by atoms with van der Waals surface area (Å²) in [5.41, 5.74) is 7.44. The number of anilines is 1. The van der Waals surface area contributed by atoms with Gasteiger partial charge in [-0.25, -0.2) is 0 Å². The molecule has 3 heterocycles. The highest BCUT2D eigenvalue weighted by Gasteiger charge is 2.29. The van der Waals surface area contributed by atoms with Gasteiger partial charge in [0.1, 0.15) is 0 Å². The molecule has 2 aliphatic rings. The van der Waals surface area contributed by atoms with Crippen molar-refractivity contribution in [2.75, 3.05) is 44.2 Å². The molecule has 0 unspecified atom stereocenters. The molecule has 0 saturated carbocycles. The van der Waals surface area contributed by atoms with Crippen LogP contribution in [0.25, 0.3) is 0 Å². The van der Waals surface area contributed by atoms with Crippen LogP contribution in [0.5, 0.6) is 0 Å². The number of nitrogens with zero attached hydrogens (tertiary/aromatic N) is 4. The molecule has 0 bridgehead atoms. The number of hydrogen-bond acceptors (Lipinski definition) is 5. The number of amides is 2. The minimum absolute atomic E-state index is 0.0702. The SMILES string of the molecule is CCCCC(=O)N1CCC(C[C@H](N)C(=O)N2CCN(c3ccncc3)CC2)CC1. The smallest absolute Gasteiger partial charge is 0.239 e. The zero-order valence-electron chi connectivity index (χ0n) is 17.6. The van der Waals surface area contributed by atoms with Crippen LogP contribution < -0.4 is 10.6 Å². The molecule has 29 heavy (non-hydrogen) atoms. The first kappa shape index (κ1) is 21.6. The molecule has 7 nitrogen and oxygen atoms in total. The first-order valence-electron chi connectivity index (χ1n) is 11.1. The summed E-state index contributed by atoms with van der Waals surface area (Å²) in [7, 11) is 0. The molecule has 160 valence electrons. The summed E-state index contributed by atoms with van der Waals surface area (Å²) in [5, 5.41) is 0. The lowest BCUT2D eigenvalue weighted by atomic mass is 9.89. The Labute approximate surface area is 174 Å². The molecular weight excluding hydrogens is 366 g/mol. The molecule has 1 atom stereocenters. The van der Waals surface area contributed by atoms with Crippen LogP contribution in [0.2, 0.25) is 0 Å². The van der Waals surface area contributed by atoms with E-state index in [1.54, 1.807) is 12.4 Å². The maximum Gasteiger partial charge on any atom is 0.239 e. The molecular formula is C22H35N5O2. The molecule has 0 radical (unpaired) electrons. The predicted octanol–water partition coefficient (Wildman–Crippen LogP) is 1.88. The number of rotatable bonds is 7. The topological polar surface area (TPSA) is 82.8 Å². The van der Waals surface area contributed by atoms with Crippen molar-refractivity contribution < 1.29 is 9.59 Å². The van der Waals surface area contributed by atoms with Crippen LogP contribution in [0, 0.1) is 5.92 Å². The zero-order chi connectivity index (χ0) is 20.6. The molecule has 7 heteroatoms. The Bertz CT molecular complexity index is 652. The predicted molar refractivity (Wildman–Crippen MR) is 114 cm³/mol. The highest BCUT2D eigenvalue weighted by Crippen LogP contribution is 2.23. The Morgan fingerprint density at radius 2 is 1.72 bits per heavy atom. The lowest BCUT2D eigenvalue weighted by Crippen LogP contribution is -2.53. The highest BCUT2D eigenvalue weighted by atomic mass is 16.2. The molecule has 0 aromatic carbocycles. The number of pyridine rings is 1. The molecule has 1 aromatic heterocycles. The van der Waals surface area contributed by atoms with E-state index in [9.17, 15) is 9.59 Å². The van der Waals surface area contributed by atoms with Crippen LogP contribution in [-0.4, -0.2) is 71.9 Å². The fourth-order valence-corrected chi connectivity index (χ4v) is 4.34. The monoisotopic (exact) mass is 401 g/mol. The van der Waals surface area contributed by atoms with E-state index < -0.39 is 6.04 Å². The third-order valence-corrected chi connectivity index (χ3v) is 6.24. The van der Waals surface area contributed by atoms with Crippen LogP contribution >= 0.6 is 0 Å². The number of carbonyl (C=O) groups excluding carboxylic acids is 2. The van der Waals surface area contributed by atoms with Gasteiger partial charge in [-0.05, 0) is 43.7 Å². The van der Waals surface area contributed by atoms with Gasteiger partial charge in [0, 0.05) is 63.8 Å². The largest absolute Gasteiger partial charge is 0.368 e. The van der Waals surface area contributed by atoms with E-state index in [0.29, 0.717) is 25.4 Å². The Balaban J connectivity index is 1.39. The lowest BCUT2D eigenvalue weighted by molar-refractivity contribution is -0.135. The summed E-state index contributed by atoms with van der Waals surface area (Å²) in [4.78, 5) is 35.2. The number of carbonyl (C=O) groups is 2. The molecule has 2 saturated heterocycles. The van der Waals surface area contributed by atoms with Crippen LogP contribution in [0.3, 0.4) is 0 Å². The minimum Gasteiger partial charge on any atom is -0.368 e. The van der Waals surface area contributed by atoms with Crippen molar-refractivity contribution in [1.82, 2.24) is 14.8 Å². The maximum absolute atomic E-state index is 12.8. The quantitative estimate of drug-likeness (QED) is 0.754. The summed E-state index contributed by atoms with van der Waals surface area (Å²) in [5.74, 6) is 0.779. The number of unbranched alkanes of at least 4 members (excludes halogenated alkanes) is 1. The molecule has 0 aliphatic carbocycles. The van der Waals surface area contributed by atoms with E-state index in [1.807, 2.05) is 21.9 Å². The van der Waals surface area contributed by atoms with Crippen LogP contribution in [-0.2, 0) is 9.59 Å². The second-order valence-corrected chi connectivity index (χ2v) is 8.29.